The van der Waals surface area contributed by atoms with Crippen LogP contribution < -0.4 is 10.1 Å². The summed E-state index contributed by atoms with van der Waals surface area (Å²) in [5, 5.41) is 2.59. The molecule has 1 saturated heterocycles. The van der Waals surface area contributed by atoms with Gasteiger partial charge in [-0.3, -0.25) is 19.2 Å². The summed E-state index contributed by atoms with van der Waals surface area (Å²) in [6, 6.07) is 6.07. The Kier molecular flexibility index (Phi) is 8.74. The van der Waals surface area contributed by atoms with Crippen LogP contribution in [-0.2, 0) is 47.7 Å². The van der Waals surface area contributed by atoms with Crippen LogP contribution in [0.1, 0.15) is 27.7 Å². The molecule has 33 heavy (non-hydrogen) atoms. The predicted molar refractivity (Wildman–Crippen MR) is 109 cm³/mol. The van der Waals surface area contributed by atoms with Crippen molar-refractivity contribution >= 4 is 35.5 Å². The third kappa shape index (κ3) is 7.17. The number of esters is 4. The molecule has 1 N–H and O–H groups in total. The van der Waals surface area contributed by atoms with Gasteiger partial charge in [-0.1, -0.05) is 0 Å². The molecule has 12 heteroatoms. The second kappa shape index (κ2) is 11.3. The summed E-state index contributed by atoms with van der Waals surface area (Å²) < 4.78 is 31.9. The molecule has 12 nitrogen and oxygen atoms in total. The first-order valence-corrected chi connectivity index (χ1v) is 9.81. The Morgan fingerprint density at radius 2 is 1.30 bits per heavy atom. The lowest BCUT2D eigenvalue weighted by Gasteiger charge is -2.43. The molecule has 1 aromatic carbocycles. The highest BCUT2D eigenvalue weighted by molar-refractivity contribution is 5.88. The van der Waals surface area contributed by atoms with E-state index in [1.807, 2.05) is 0 Å². The van der Waals surface area contributed by atoms with Gasteiger partial charge in [-0.25, -0.2) is 4.79 Å². The van der Waals surface area contributed by atoms with Crippen LogP contribution in [-0.4, -0.2) is 67.6 Å². The lowest BCUT2D eigenvalue weighted by molar-refractivity contribution is -0.282. The van der Waals surface area contributed by atoms with Crippen LogP contribution in [0.2, 0.25) is 0 Å². The molecule has 1 fully saturated rings. The summed E-state index contributed by atoms with van der Waals surface area (Å²) >= 11 is 0. The number of hydrogen-bond donors (Lipinski definition) is 1. The summed E-state index contributed by atoms with van der Waals surface area (Å²) in [6.45, 7) is 4.64. The van der Waals surface area contributed by atoms with Crippen LogP contribution in [0.3, 0.4) is 0 Å². The second-order valence-corrected chi connectivity index (χ2v) is 6.99. The SMILES string of the molecule is COC(=O)C1OC(Oc2ccc(NC(C)=O)cc2)C(OC(C)=O)C(OC(C)=O)C1OC(C)=O. The molecule has 1 heterocycles. The minimum Gasteiger partial charge on any atom is -0.467 e. The molecule has 5 unspecified atom stereocenters. The van der Waals surface area contributed by atoms with Crippen molar-refractivity contribution in [1.82, 2.24) is 0 Å². The van der Waals surface area contributed by atoms with E-state index in [0.29, 0.717) is 5.69 Å². The quantitative estimate of drug-likeness (QED) is 0.446. The van der Waals surface area contributed by atoms with Crippen LogP contribution in [0.15, 0.2) is 24.3 Å². The molecule has 1 aliphatic heterocycles. The number of hydrogen-bond acceptors (Lipinski definition) is 11. The molecule has 5 atom stereocenters. The van der Waals surface area contributed by atoms with Crippen molar-refractivity contribution in [2.75, 3.05) is 12.4 Å². The predicted octanol–water partition coefficient (Wildman–Crippen LogP) is 0.717. The molecule has 0 bridgehead atoms. The summed E-state index contributed by atoms with van der Waals surface area (Å²) in [7, 11) is 1.09. The van der Waals surface area contributed by atoms with E-state index in [4.69, 9.17) is 28.4 Å². The van der Waals surface area contributed by atoms with E-state index < -0.39 is 54.6 Å². The van der Waals surface area contributed by atoms with Crippen LogP contribution >= 0.6 is 0 Å². The Morgan fingerprint density at radius 1 is 0.788 bits per heavy atom. The lowest BCUT2D eigenvalue weighted by atomic mass is 9.97. The maximum atomic E-state index is 12.4. The summed E-state index contributed by atoms with van der Waals surface area (Å²) in [4.78, 5) is 58.8. The normalized spacial score (nSPS) is 24.1. The summed E-state index contributed by atoms with van der Waals surface area (Å²) in [5.74, 6) is -3.36. The summed E-state index contributed by atoms with van der Waals surface area (Å²) in [5.41, 5.74) is 0.496. The highest BCUT2D eigenvalue weighted by atomic mass is 16.7. The third-order valence-corrected chi connectivity index (χ3v) is 4.26. The van der Waals surface area contributed by atoms with Crippen molar-refractivity contribution in [2.45, 2.75) is 58.4 Å². The van der Waals surface area contributed by atoms with Gasteiger partial charge in [0.15, 0.2) is 18.3 Å². The van der Waals surface area contributed by atoms with Crippen molar-refractivity contribution in [1.29, 1.82) is 0 Å². The number of methoxy groups -OCH3 is 1. The maximum Gasteiger partial charge on any atom is 0.339 e. The van der Waals surface area contributed by atoms with E-state index in [-0.39, 0.29) is 11.7 Å². The van der Waals surface area contributed by atoms with E-state index in [9.17, 15) is 24.0 Å². The number of anilines is 1. The molecule has 0 spiro atoms. The van der Waals surface area contributed by atoms with E-state index >= 15 is 0 Å². The summed E-state index contributed by atoms with van der Waals surface area (Å²) in [6.07, 6.45) is -7.35. The standard InChI is InChI=1S/C21H25NO11/c1-10(23)22-14-6-8-15(9-7-14)32-21-19(31-13(4)26)17(30-12(3)25)16(29-11(2)24)18(33-21)20(27)28-5/h6-9,16-19,21H,1-5H3,(H,22,23). The first kappa shape index (κ1) is 25.6. The fourth-order valence-corrected chi connectivity index (χ4v) is 3.13. The number of nitrogens with one attached hydrogen (secondary N) is 1. The number of carbonyl (C=O) groups excluding carboxylic acids is 5. The molecule has 0 saturated carbocycles. The monoisotopic (exact) mass is 467 g/mol. The zero-order chi connectivity index (χ0) is 24.7. The van der Waals surface area contributed by atoms with Gasteiger partial charge in [-0.15, -0.1) is 0 Å². The highest BCUT2D eigenvalue weighted by Crippen LogP contribution is 2.31. The van der Waals surface area contributed by atoms with Gasteiger partial charge in [0.25, 0.3) is 0 Å². The minimum atomic E-state index is -1.56. The average molecular weight is 467 g/mol. The van der Waals surface area contributed by atoms with E-state index in [1.54, 1.807) is 12.1 Å². The van der Waals surface area contributed by atoms with Crippen molar-refractivity contribution < 1.29 is 52.4 Å². The van der Waals surface area contributed by atoms with Gasteiger partial charge in [-0.2, -0.15) is 0 Å². The van der Waals surface area contributed by atoms with Gasteiger partial charge in [0.05, 0.1) is 7.11 Å². The van der Waals surface area contributed by atoms with Crippen molar-refractivity contribution in [3.05, 3.63) is 24.3 Å². The first-order chi connectivity index (χ1) is 15.5. The van der Waals surface area contributed by atoms with Crippen molar-refractivity contribution in [2.24, 2.45) is 0 Å². The fraction of sp³-hybridized carbons (Fsp3) is 0.476. The number of benzene rings is 1. The first-order valence-electron chi connectivity index (χ1n) is 9.81. The topological polar surface area (TPSA) is 153 Å². The van der Waals surface area contributed by atoms with Gasteiger partial charge in [0.2, 0.25) is 18.3 Å². The van der Waals surface area contributed by atoms with Gasteiger partial charge in [0.1, 0.15) is 5.75 Å². The fourth-order valence-electron chi connectivity index (χ4n) is 3.13. The Bertz CT molecular complexity index is 898. The molecular weight excluding hydrogens is 442 g/mol. The third-order valence-electron chi connectivity index (χ3n) is 4.26. The average Bonchev–Trinajstić information content (AvgIpc) is 2.71. The van der Waals surface area contributed by atoms with Crippen LogP contribution in [0.5, 0.6) is 5.75 Å². The van der Waals surface area contributed by atoms with Crippen LogP contribution in [0.4, 0.5) is 5.69 Å². The van der Waals surface area contributed by atoms with E-state index in [1.165, 1.54) is 19.1 Å². The van der Waals surface area contributed by atoms with Crippen molar-refractivity contribution in [3.8, 4) is 5.75 Å². The number of rotatable bonds is 7. The number of ether oxygens (including phenoxy) is 6. The molecule has 1 amide bonds. The zero-order valence-electron chi connectivity index (χ0n) is 18.7. The van der Waals surface area contributed by atoms with E-state index in [2.05, 4.69) is 5.32 Å². The number of amides is 1. The zero-order valence-corrected chi connectivity index (χ0v) is 18.7. The molecule has 0 aromatic heterocycles. The van der Waals surface area contributed by atoms with Gasteiger partial charge < -0.3 is 33.7 Å². The van der Waals surface area contributed by atoms with Crippen LogP contribution in [0, 0.1) is 0 Å². The van der Waals surface area contributed by atoms with Gasteiger partial charge >= 0.3 is 23.9 Å². The Labute approximate surface area is 189 Å². The molecule has 1 aliphatic rings. The van der Waals surface area contributed by atoms with E-state index in [0.717, 1.165) is 27.9 Å². The Balaban J connectivity index is 2.43. The molecule has 0 radical (unpaired) electrons. The second-order valence-electron chi connectivity index (χ2n) is 6.99. The van der Waals surface area contributed by atoms with Crippen LogP contribution in [0.25, 0.3) is 0 Å². The molecule has 2 rings (SSSR count). The molecule has 0 aliphatic carbocycles. The minimum absolute atomic E-state index is 0.211. The van der Waals surface area contributed by atoms with Crippen molar-refractivity contribution in [3.63, 3.8) is 0 Å². The van der Waals surface area contributed by atoms with Gasteiger partial charge in [-0.05, 0) is 24.3 Å². The maximum absolute atomic E-state index is 12.4. The molecule has 180 valence electrons. The largest absolute Gasteiger partial charge is 0.467 e. The number of carbonyl (C=O) groups is 5. The van der Waals surface area contributed by atoms with Gasteiger partial charge in [0, 0.05) is 33.4 Å². The Hall–Kier alpha value is -3.67. The molecule has 1 aromatic rings. The smallest absolute Gasteiger partial charge is 0.339 e. The highest BCUT2D eigenvalue weighted by Gasteiger charge is 2.55. The molecular formula is C21H25NO11. The lowest BCUT2D eigenvalue weighted by Crippen LogP contribution is -2.64. The Morgan fingerprint density at radius 3 is 1.79 bits per heavy atom.